The molecule has 0 saturated carbocycles. The van der Waals surface area contributed by atoms with Gasteiger partial charge in [-0.1, -0.05) is 12.1 Å². The van der Waals surface area contributed by atoms with E-state index in [0.717, 1.165) is 5.56 Å². The average molecular weight is 535 g/mol. The van der Waals surface area contributed by atoms with Gasteiger partial charge < -0.3 is 41.0 Å². The lowest BCUT2D eigenvalue weighted by atomic mass is 9.89. The molecular weight excluding hydrogens is 490 g/mol. The van der Waals surface area contributed by atoms with Crippen molar-refractivity contribution in [3.8, 4) is 0 Å². The summed E-state index contributed by atoms with van der Waals surface area (Å²) in [6, 6.07) is 6.58. The van der Waals surface area contributed by atoms with E-state index in [2.05, 4.69) is 30.7 Å². The Morgan fingerprint density at radius 1 is 0.763 bits per heavy atom. The zero-order valence-corrected chi connectivity index (χ0v) is 23.2. The van der Waals surface area contributed by atoms with Crippen molar-refractivity contribution in [1.82, 2.24) is 30.7 Å². The number of benzene rings is 1. The molecule has 1 atom stereocenters. The maximum atomic E-state index is 11.1. The highest BCUT2D eigenvalue weighted by Crippen LogP contribution is 2.16. The molecule has 0 fully saturated rings. The molecule has 0 saturated heterocycles. The van der Waals surface area contributed by atoms with Crippen molar-refractivity contribution in [3.63, 3.8) is 0 Å². The van der Waals surface area contributed by atoms with Crippen molar-refractivity contribution in [2.24, 2.45) is 0 Å². The van der Waals surface area contributed by atoms with Gasteiger partial charge in [-0.25, -0.2) is 0 Å². The Hall–Kier alpha value is -1.52. The predicted octanol–water partition coefficient (Wildman–Crippen LogP) is -2.09. The minimum absolute atomic E-state index is 0.00107. The summed E-state index contributed by atoms with van der Waals surface area (Å²) in [7, 11) is -2.54. The Balaban J connectivity index is 3.15. The van der Waals surface area contributed by atoms with Gasteiger partial charge in [-0.15, -0.1) is 0 Å². The number of nitro benzene ring substituents is 1. The van der Waals surface area contributed by atoms with Crippen LogP contribution in [-0.2, 0) is 6.42 Å². The van der Waals surface area contributed by atoms with E-state index in [1.165, 1.54) is 12.1 Å². The molecule has 0 aromatic heterocycles. The fourth-order valence-electron chi connectivity index (χ4n) is 4.10. The Morgan fingerprint density at radius 2 is 1.16 bits per heavy atom. The molecule has 0 spiro atoms. The molecule has 1 rings (SSSR count). The highest BCUT2D eigenvalue weighted by Gasteiger charge is 2.23. The fraction of sp³-hybridized carbons (Fsp3) is 0.714. The van der Waals surface area contributed by atoms with Gasteiger partial charge in [0.15, 0.2) is 0 Å². The van der Waals surface area contributed by atoms with Crippen LogP contribution < -0.4 is 20.9 Å². The van der Waals surface area contributed by atoms with Crippen LogP contribution in [0.3, 0.4) is 0 Å². The summed E-state index contributed by atoms with van der Waals surface area (Å²) in [4.78, 5) is 15.2. The Bertz CT molecular complexity index is 740. The zero-order chi connectivity index (χ0) is 28.5. The fourth-order valence-corrected chi connectivity index (χ4v) is 4.10. The van der Waals surface area contributed by atoms with Gasteiger partial charge in [0.2, 0.25) is 0 Å². The summed E-state index contributed by atoms with van der Waals surface area (Å²) in [5, 5.41) is 61.9. The third-order valence-corrected chi connectivity index (χ3v) is 6.02. The standard InChI is InChI=1S/C21H45B4N7O6/c1-22(33)26-9-13-30(14-10-27-23(2)34)18-21(17-19-5-7-20(8-6-19)32(37)38)31(15-11-28-24(3)35)16-12-29-25(4)36/h5-8,21,26-29,33-36H,9-18H2,1-4H3. The quantitative estimate of drug-likeness (QED) is 0.0462. The first-order valence-corrected chi connectivity index (χ1v) is 13.3. The van der Waals surface area contributed by atoms with Crippen LogP contribution in [0.25, 0.3) is 0 Å². The van der Waals surface area contributed by atoms with Crippen LogP contribution in [0.2, 0.25) is 27.3 Å². The molecule has 1 aromatic carbocycles. The molecule has 0 aliphatic heterocycles. The summed E-state index contributed by atoms with van der Waals surface area (Å²) in [5.74, 6) is 0. The first kappa shape index (κ1) is 34.5. The molecule has 0 heterocycles. The van der Waals surface area contributed by atoms with Crippen LogP contribution in [0.4, 0.5) is 5.69 Å². The third-order valence-electron chi connectivity index (χ3n) is 6.02. The second-order valence-electron chi connectivity index (χ2n) is 9.64. The van der Waals surface area contributed by atoms with Gasteiger partial charge in [0.25, 0.3) is 5.69 Å². The van der Waals surface area contributed by atoms with Gasteiger partial charge in [-0.2, -0.15) is 0 Å². The van der Waals surface area contributed by atoms with Crippen molar-refractivity contribution in [2.75, 3.05) is 58.9 Å². The summed E-state index contributed by atoms with van der Waals surface area (Å²) < 4.78 is 0. The largest absolute Gasteiger partial charge is 0.437 e. The average Bonchev–Trinajstić information content (AvgIpc) is 2.82. The SMILES string of the molecule is CB(O)NCCN(CCNB(C)O)CC(Cc1ccc([N+](=O)[O-])cc1)N(CCNB(C)O)CCNB(C)O. The van der Waals surface area contributed by atoms with E-state index in [-0.39, 0.29) is 11.7 Å². The van der Waals surface area contributed by atoms with E-state index < -0.39 is 33.1 Å². The second kappa shape index (κ2) is 19.5. The Labute approximate surface area is 228 Å². The van der Waals surface area contributed by atoms with Gasteiger partial charge in [-0.05, 0) is 65.5 Å². The molecule has 0 aliphatic carbocycles. The lowest BCUT2D eigenvalue weighted by molar-refractivity contribution is -0.384. The smallest absolute Gasteiger partial charge is 0.373 e. The highest BCUT2D eigenvalue weighted by molar-refractivity contribution is 6.46. The summed E-state index contributed by atoms with van der Waals surface area (Å²) in [6.07, 6.45) is 0.630. The van der Waals surface area contributed by atoms with Crippen LogP contribution in [0.5, 0.6) is 0 Å². The number of rotatable bonds is 22. The van der Waals surface area contributed by atoms with E-state index in [0.29, 0.717) is 65.3 Å². The van der Waals surface area contributed by atoms with Crippen molar-refractivity contribution in [1.29, 1.82) is 0 Å². The molecule has 0 bridgehead atoms. The van der Waals surface area contributed by atoms with Crippen LogP contribution in [0.15, 0.2) is 24.3 Å². The minimum Gasteiger partial charge on any atom is -0.437 e. The maximum absolute atomic E-state index is 11.1. The van der Waals surface area contributed by atoms with Crippen LogP contribution in [0, 0.1) is 10.1 Å². The summed E-state index contributed by atoms with van der Waals surface area (Å²) >= 11 is 0. The lowest BCUT2D eigenvalue weighted by Crippen LogP contribution is -2.53. The van der Waals surface area contributed by atoms with E-state index in [9.17, 15) is 30.2 Å². The number of non-ortho nitro benzene ring substituents is 1. The van der Waals surface area contributed by atoms with Gasteiger partial charge in [0.05, 0.1) is 4.92 Å². The maximum Gasteiger partial charge on any atom is 0.373 e. The van der Waals surface area contributed by atoms with Crippen molar-refractivity contribution >= 4 is 33.9 Å². The first-order valence-electron chi connectivity index (χ1n) is 13.3. The Kier molecular flexibility index (Phi) is 17.7. The third kappa shape index (κ3) is 16.4. The molecule has 17 heteroatoms. The van der Waals surface area contributed by atoms with E-state index in [1.807, 2.05) is 0 Å². The lowest BCUT2D eigenvalue weighted by Gasteiger charge is -2.36. The normalized spacial score (nSPS) is 12.2. The van der Waals surface area contributed by atoms with Gasteiger partial charge in [0.1, 0.15) is 0 Å². The number of nitro groups is 1. The summed E-state index contributed by atoms with van der Waals surface area (Å²) in [6.45, 7) is 12.2. The molecule has 8 N–H and O–H groups in total. The molecule has 13 nitrogen and oxygen atoms in total. The van der Waals surface area contributed by atoms with Crippen molar-refractivity contribution < 1.29 is 25.0 Å². The molecule has 1 aromatic rings. The molecule has 0 radical (unpaired) electrons. The van der Waals surface area contributed by atoms with Crippen molar-refractivity contribution in [3.05, 3.63) is 39.9 Å². The number of nitrogens with one attached hydrogen (secondary N) is 4. The number of hydrogen-bond donors (Lipinski definition) is 8. The molecule has 0 aliphatic rings. The van der Waals surface area contributed by atoms with Crippen LogP contribution >= 0.6 is 0 Å². The minimum atomic E-state index is -0.643. The van der Waals surface area contributed by atoms with Gasteiger partial charge in [0, 0.05) is 50.9 Å². The summed E-state index contributed by atoms with van der Waals surface area (Å²) in [5.41, 5.74) is 1.00. The van der Waals surface area contributed by atoms with E-state index >= 15 is 0 Å². The predicted molar refractivity (Wildman–Crippen MR) is 156 cm³/mol. The van der Waals surface area contributed by atoms with E-state index in [4.69, 9.17) is 0 Å². The van der Waals surface area contributed by atoms with Crippen LogP contribution in [-0.4, -0.2) is 128 Å². The molecule has 212 valence electrons. The highest BCUT2D eigenvalue weighted by atomic mass is 16.6. The molecule has 38 heavy (non-hydrogen) atoms. The monoisotopic (exact) mass is 535 g/mol. The molecular formula is C21H45B4N7O6. The number of hydrogen-bond acceptors (Lipinski definition) is 12. The van der Waals surface area contributed by atoms with Gasteiger partial charge >= 0.3 is 28.2 Å². The van der Waals surface area contributed by atoms with Crippen molar-refractivity contribution in [2.45, 2.75) is 39.8 Å². The second-order valence-corrected chi connectivity index (χ2v) is 9.64. The van der Waals surface area contributed by atoms with Crippen LogP contribution in [0.1, 0.15) is 5.56 Å². The number of nitrogens with zero attached hydrogens (tertiary/aromatic N) is 3. The van der Waals surface area contributed by atoms with Gasteiger partial charge in [-0.3, -0.25) is 19.9 Å². The first-order chi connectivity index (χ1) is 18.0. The zero-order valence-electron chi connectivity index (χ0n) is 23.2. The Morgan fingerprint density at radius 3 is 1.53 bits per heavy atom. The molecule has 0 amide bonds. The van der Waals surface area contributed by atoms with E-state index in [1.54, 1.807) is 39.4 Å². The molecule has 1 unspecified atom stereocenters. The topological polar surface area (TPSA) is 179 Å².